The van der Waals surface area contributed by atoms with Crippen molar-refractivity contribution in [3.05, 3.63) is 71.7 Å². The van der Waals surface area contributed by atoms with Gasteiger partial charge in [-0.25, -0.2) is 9.18 Å². The zero-order chi connectivity index (χ0) is 20.0. The lowest BCUT2D eigenvalue weighted by Gasteiger charge is -2.30. The Kier molecular flexibility index (Phi) is 4.26. The molecule has 2 heterocycles. The minimum Gasteiger partial charge on any atom is -0.315 e. The monoisotopic (exact) mass is 389 g/mol. The molecule has 1 N–H and O–H groups in total. The summed E-state index contributed by atoms with van der Waals surface area (Å²) in [6, 6.07) is 14.7. The summed E-state index contributed by atoms with van der Waals surface area (Å²) >= 11 is 0. The Morgan fingerprint density at radius 3 is 2.66 bits per heavy atom. The molecule has 2 fully saturated rings. The van der Waals surface area contributed by atoms with E-state index in [2.05, 4.69) is 10.3 Å². The van der Waals surface area contributed by atoms with Gasteiger partial charge >= 0.3 is 6.03 Å². The number of carbonyl (C=O) groups excluding carboxylic acids is 1. The number of halogens is 1. The van der Waals surface area contributed by atoms with E-state index < -0.39 is 0 Å². The molecule has 3 aromatic rings. The third-order valence-electron chi connectivity index (χ3n) is 6.56. The fraction of sp³-hybridized carbons (Fsp3) is 0.333. The number of amides is 2. The lowest BCUT2D eigenvalue weighted by Crippen LogP contribution is -2.30. The first-order valence-corrected chi connectivity index (χ1v) is 10.2. The molecule has 0 atom stereocenters. The van der Waals surface area contributed by atoms with Crippen molar-refractivity contribution in [3.63, 3.8) is 0 Å². The molecule has 1 aliphatic heterocycles. The maximum atomic E-state index is 13.8. The Labute approximate surface area is 169 Å². The summed E-state index contributed by atoms with van der Waals surface area (Å²) in [5.41, 5.74) is 4.03. The van der Waals surface area contributed by atoms with E-state index in [1.54, 1.807) is 12.1 Å². The van der Waals surface area contributed by atoms with Crippen molar-refractivity contribution >= 4 is 22.6 Å². The highest BCUT2D eigenvalue weighted by Gasteiger charge is 2.56. The van der Waals surface area contributed by atoms with Gasteiger partial charge in [0.1, 0.15) is 5.82 Å². The number of nitrogens with zero attached hydrogens (tertiary/aromatic N) is 2. The Bertz CT molecular complexity index is 1070. The van der Waals surface area contributed by atoms with Crippen molar-refractivity contribution < 1.29 is 9.18 Å². The predicted molar refractivity (Wildman–Crippen MR) is 113 cm³/mol. The smallest absolute Gasteiger partial charge is 0.315 e. The highest BCUT2D eigenvalue weighted by molar-refractivity contribution is 5.92. The van der Waals surface area contributed by atoms with Crippen LogP contribution in [0, 0.1) is 12.7 Å². The van der Waals surface area contributed by atoms with Crippen molar-refractivity contribution in [1.82, 2.24) is 9.88 Å². The van der Waals surface area contributed by atoms with Crippen LogP contribution in [0.5, 0.6) is 0 Å². The molecule has 1 spiro atoms. The first-order valence-electron chi connectivity index (χ1n) is 10.2. The number of nitrogens with one attached hydrogen (secondary N) is 1. The molecule has 0 bridgehead atoms. The van der Waals surface area contributed by atoms with Crippen LogP contribution in [0.15, 0.2) is 54.7 Å². The first-order chi connectivity index (χ1) is 14.0. The molecular weight excluding hydrogens is 365 g/mol. The van der Waals surface area contributed by atoms with E-state index in [4.69, 9.17) is 0 Å². The maximum Gasteiger partial charge on any atom is 0.322 e. The number of aryl methyl sites for hydroxylation is 1. The molecule has 5 heteroatoms. The first kappa shape index (κ1) is 18.1. The van der Waals surface area contributed by atoms with E-state index in [0.717, 1.165) is 48.8 Å². The summed E-state index contributed by atoms with van der Waals surface area (Å²) in [6.45, 7) is 2.85. The highest BCUT2D eigenvalue weighted by Crippen LogP contribution is 2.49. The Balaban J connectivity index is 1.26. The Morgan fingerprint density at radius 2 is 1.90 bits per heavy atom. The number of aromatic nitrogens is 1. The van der Waals surface area contributed by atoms with Gasteiger partial charge in [0.15, 0.2) is 0 Å². The second-order valence-electron chi connectivity index (χ2n) is 8.44. The number of rotatable bonds is 2. The summed E-state index contributed by atoms with van der Waals surface area (Å²) in [6.07, 6.45) is 5.79. The summed E-state index contributed by atoms with van der Waals surface area (Å²) < 4.78 is 13.8. The van der Waals surface area contributed by atoms with Crippen LogP contribution in [0.25, 0.3) is 10.9 Å². The van der Waals surface area contributed by atoms with Gasteiger partial charge in [0, 0.05) is 23.8 Å². The van der Waals surface area contributed by atoms with Gasteiger partial charge in [0.05, 0.1) is 11.1 Å². The van der Waals surface area contributed by atoms with Gasteiger partial charge in [-0.05, 0) is 80.5 Å². The summed E-state index contributed by atoms with van der Waals surface area (Å²) in [5, 5.41) is 3.93. The molecule has 5 rings (SSSR count). The largest absolute Gasteiger partial charge is 0.322 e. The third kappa shape index (κ3) is 3.35. The lowest BCUT2D eigenvalue weighted by atomic mass is 9.77. The van der Waals surface area contributed by atoms with E-state index in [0.29, 0.717) is 5.92 Å². The number of hydrogen-bond donors (Lipinski definition) is 1. The molecule has 4 nitrogen and oxygen atoms in total. The van der Waals surface area contributed by atoms with Crippen LogP contribution in [0.4, 0.5) is 14.9 Å². The number of benzene rings is 2. The fourth-order valence-corrected chi connectivity index (χ4v) is 4.76. The summed E-state index contributed by atoms with van der Waals surface area (Å²) in [7, 11) is 0. The molecule has 0 unspecified atom stereocenters. The molecule has 2 amide bonds. The molecule has 0 radical (unpaired) electrons. The summed E-state index contributed by atoms with van der Waals surface area (Å²) in [4.78, 5) is 19.0. The molecule has 2 aliphatic rings. The normalized spacial score (nSPS) is 23.4. The Hall–Kier alpha value is -2.95. The molecule has 1 saturated heterocycles. The zero-order valence-corrected chi connectivity index (χ0v) is 16.5. The van der Waals surface area contributed by atoms with Gasteiger partial charge in [0.2, 0.25) is 0 Å². The van der Waals surface area contributed by atoms with Crippen molar-refractivity contribution in [2.45, 2.75) is 44.1 Å². The van der Waals surface area contributed by atoms with Gasteiger partial charge in [-0.2, -0.15) is 0 Å². The quantitative estimate of drug-likeness (QED) is 0.578. The van der Waals surface area contributed by atoms with Crippen molar-refractivity contribution in [1.29, 1.82) is 0 Å². The van der Waals surface area contributed by atoms with Crippen LogP contribution < -0.4 is 5.32 Å². The second-order valence-corrected chi connectivity index (χ2v) is 8.44. The highest BCUT2D eigenvalue weighted by atomic mass is 19.1. The van der Waals surface area contributed by atoms with Crippen LogP contribution in [-0.2, 0) is 0 Å². The van der Waals surface area contributed by atoms with E-state index in [1.165, 1.54) is 17.2 Å². The Morgan fingerprint density at radius 1 is 1.14 bits per heavy atom. The molecule has 1 aromatic heterocycles. The number of urea groups is 1. The number of anilines is 1. The predicted octanol–water partition coefficient (Wildman–Crippen LogP) is 5.63. The van der Waals surface area contributed by atoms with Gasteiger partial charge in [0.25, 0.3) is 0 Å². The van der Waals surface area contributed by atoms with Gasteiger partial charge < -0.3 is 10.2 Å². The summed E-state index contributed by atoms with van der Waals surface area (Å²) in [5.74, 6) is 0.163. The van der Waals surface area contributed by atoms with Crippen LogP contribution in [0.3, 0.4) is 0 Å². The topological polar surface area (TPSA) is 45.0 Å². The standard InChI is InChI=1S/C24H24FN3O/c1-16-2-5-19(6-3-16)27-23(29)28-15-24(28)11-8-17(9-12-24)20-10-13-26-22-7-4-18(25)14-21(20)22/h2-7,10,13-14,17H,8-9,11-12,15H2,1H3,(H,27,29). The number of pyridine rings is 1. The molecule has 1 aliphatic carbocycles. The molecular formula is C24H24FN3O. The van der Waals surface area contributed by atoms with Crippen LogP contribution in [0.1, 0.15) is 42.7 Å². The van der Waals surface area contributed by atoms with Gasteiger partial charge in [-0.3, -0.25) is 4.98 Å². The minimum atomic E-state index is -0.222. The average molecular weight is 389 g/mol. The molecule has 2 aromatic carbocycles. The average Bonchev–Trinajstić information content (AvgIpc) is 3.43. The second kappa shape index (κ2) is 6.83. The maximum absolute atomic E-state index is 13.8. The van der Waals surface area contributed by atoms with Crippen molar-refractivity contribution in [2.75, 3.05) is 11.9 Å². The SMILES string of the molecule is Cc1ccc(NC(=O)N2CC23CCC(c2ccnc4ccc(F)cc24)CC3)cc1. The number of carbonyl (C=O) groups is 1. The lowest BCUT2D eigenvalue weighted by molar-refractivity contribution is 0.225. The number of fused-ring (bicyclic) bond motifs is 1. The van der Waals surface area contributed by atoms with E-state index in [1.807, 2.05) is 48.4 Å². The van der Waals surface area contributed by atoms with E-state index in [9.17, 15) is 9.18 Å². The van der Waals surface area contributed by atoms with Crippen LogP contribution >= 0.6 is 0 Å². The van der Waals surface area contributed by atoms with E-state index >= 15 is 0 Å². The van der Waals surface area contributed by atoms with Crippen LogP contribution in [0.2, 0.25) is 0 Å². The fourth-order valence-electron chi connectivity index (χ4n) is 4.76. The molecule has 29 heavy (non-hydrogen) atoms. The minimum absolute atomic E-state index is 0.000631. The van der Waals surface area contributed by atoms with Gasteiger partial charge in [-0.15, -0.1) is 0 Å². The number of hydrogen-bond acceptors (Lipinski definition) is 2. The van der Waals surface area contributed by atoms with Crippen LogP contribution in [-0.4, -0.2) is 28.0 Å². The third-order valence-corrected chi connectivity index (χ3v) is 6.56. The molecule has 148 valence electrons. The molecule has 1 saturated carbocycles. The van der Waals surface area contributed by atoms with E-state index in [-0.39, 0.29) is 17.4 Å². The van der Waals surface area contributed by atoms with Crippen molar-refractivity contribution in [3.8, 4) is 0 Å². The van der Waals surface area contributed by atoms with Gasteiger partial charge in [-0.1, -0.05) is 17.7 Å². The van der Waals surface area contributed by atoms with Crippen molar-refractivity contribution in [2.24, 2.45) is 0 Å². The zero-order valence-electron chi connectivity index (χ0n) is 16.5.